The molecule has 0 aliphatic carbocycles. The molecule has 0 bridgehead atoms. The highest BCUT2D eigenvalue weighted by molar-refractivity contribution is 7.90. The van der Waals surface area contributed by atoms with Crippen LogP contribution in [0.15, 0.2) is 35.4 Å². The Kier molecular flexibility index (Phi) is 3.93. The first-order chi connectivity index (χ1) is 7.03. The third-order valence-electron chi connectivity index (χ3n) is 1.78. The SMILES string of the molecule is N=NC(O)CS(=O)(=O)Cc1ccccc1. The highest BCUT2D eigenvalue weighted by Crippen LogP contribution is 2.07. The van der Waals surface area contributed by atoms with E-state index in [0.29, 0.717) is 5.56 Å². The predicted molar refractivity (Wildman–Crippen MR) is 55.1 cm³/mol. The Morgan fingerprint density at radius 1 is 1.33 bits per heavy atom. The van der Waals surface area contributed by atoms with E-state index >= 15 is 0 Å². The van der Waals surface area contributed by atoms with Gasteiger partial charge in [-0.25, -0.2) is 13.9 Å². The average Bonchev–Trinajstić information content (AvgIpc) is 2.17. The molecule has 0 amide bonds. The molecule has 0 saturated carbocycles. The Hall–Kier alpha value is -1.27. The third kappa shape index (κ3) is 4.18. The molecule has 0 aromatic heterocycles. The lowest BCUT2D eigenvalue weighted by molar-refractivity contribution is 0.195. The molecule has 1 aromatic carbocycles. The van der Waals surface area contributed by atoms with E-state index in [1.54, 1.807) is 30.3 Å². The maximum absolute atomic E-state index is 11.5. The first kappa shape index (κ1) is 11.8. The number of hydrogen-bond acceptors (Lipinski definition) is 5. The molecular weight excluding hydrogens is 216 g/mol. The van der Waals surface area contributed by atoms with Gasteiger partial charge in [0.2, 0.25) is 0 Å². The monoisotopic (exact) mass is 228 g/mol. The number of nitrogens with zero attached hydrogens (tertiary/aromatic N) is 1. The van der Waals surface area contributed by atoms with Crippen LogP contribution < -0.4 is 0 Å². The van der Waals surface area contributed by atoms with Crippen LogP contribution in [0.4, 0.5) is 0 Å². The van der Waals surface area contributed by atoms with Gasteiger partial charge in [0.15, 0.2) is 16.1 Å². The molecule has 1 aromatic rings. The van der Waals surface area contributed by atoms with Crippen LogP contribution >= 0.6 is 0 Å². The first-order valence-electron chi connectivity index (χ1n) is 4.32. The highest BCUT2D eigenvalue weighted by Gasteiger charge is 2.16. The topological polar surface area (TPSA) is 90.6 Å². The molecule has 82 valence electrons. The lowest BCUT2D eigenvalue weighted by atomic mass is 10.2. The van der Waals surface area contributed by atoms with Crippen LogP contribution in [0.2, 0.25) is 0 Å². The van der Waals surface area contributed by atoms with Crippen LogP contribution in [-0.4, -0.2) is 25.5 Å². The summed E-state index contributed by atoms with van der Waals surface area (Å²) in [5.41, 5.74) is 7.14. The van der Waals surface area contributed by atoms with Crippen molar-refractivity contribution in [2.45, 2.75) is 12.0 Å². The smallest absolute Gasteiger partial charge is 0.179 e. The van der Waals surface area contributed by atoms with Crippen LogP contribution in [0.25, 0.3) is 0 Å². The number of rotatable bonds is 5. The Balaban J connectivity index is 2.69. The summed E-state index contributed by atoms with van der Waals surface area (Å²) in [4.78, 5) is 0. The van der Waals surface area contributed by atoms with E-state index in [-0.39, 0.29) is 5.75 Å². The van der Waals surface area contributed by atoms with Crippen molar-refractivity contribution in [2.75, 3.05) is 5.75 Å². The normalized spacial score (nSPS) is 13.4. The second kappa shape index (κ2) is 4.99. The van der Waals surface area contributed by atoms with Gasteiger partial charge >= 0.3 is 0 Å². The van der Waals surface area contributed by atoms with Crippen molar-refractivity contribution in [2.24, 2.45) is 5.11 Å². The highest BCUT2D eigenvalue weighted by atomic mass is 32.2. The zero-order valence-electron chi connectivity index (χ0n) is 8.00. The molecular formula is C9H12N2O3S. The lowest BCUT2D eigenvalue weighted by Crippen LogP contribution is -2.19. The van der Waals surface area contributed by atoms with Crippen molar-refractivity contribution in [3.63, 3.8) is 0 Å². The van der Waals surface area contributed by atoms with E-state index in [1.165, 1.54) is 0 Å². The van der Waals surface area contributed by atoms with E-state index in [9.17, 15) is 8.42 Å². The minimum Gasteiger partial charge on any atom is -0.369 e. The molecule has 0 heterocycles. The van der Waals surface area contributed by atoms with Gasteiger partial charge in [-0.05, 0) is 5.56 Å². The fraction of sp³-hybridized carbons (Fsp3) is 0.333. The van der Waals surface area contributed by atoms with Crippen molar-refractivity contribution < 1.29 is 13.5 Å². The minimum atomic E-state index is -3.41. The second-order valence-electron chi connectivity index (χ2n) is 3.15. The Labute approximate surface area is 88.2 Å². The molecule has 1 unspecified atom stereocenters. The maximum Gasteiger partial charge on any atom is 0.179 e. The average molecular weight is 228 g/mol. The van der Waals surface area contributed by atoms with Gasteiger partial charge in [-0.15, -0.1) is 0 Å². The van der Waals surface area contributed by atoms with E-state index in [1.807, 2.05) is 0 Å². The Morgan fingerprint density at radius 2 is 1.93 bits per heavy atom. The van der Waals surface area contributed by atoms with Gasteiger partial charge < -0.3 is 5.11 Å². The summed E-state index contributed by atoms with van der Waals surface area (Å²) in [5, 5.41) is 11.7. The number of hydrogen-bond donors (Lipinski definition) is 2. The van der Waals surface area contributed by atoms with Crippen LogP contribution in [0.5, 0.6) is 0 Å². The molecule has 0 aliphatic heterocycles. The molecule has 15 heavy (non-hydrogen) atoms. The number of benzene rings is 1. The molecule has 0 fully saturated rings. The number of sulfone groups is 1. The fourth-order valence-corrected chi connectivity index (χ4v) is 2.50. The van der Waals surface area contributed by atoms with E-state index in [0.717, 1.165) is 0 Å². The molecule has 2 N–H and O–H groups in total. The Bertz CT molecular complexity index is 416. The standard InChI is InChI=1S/C9H12N2O3S/c10-11-9(12)7-15(13,14)6-8-4-2-1-3-5-8/h1-5,9-10,12H,6-7H2. The van der Waals surface area contributed by atoms with Crippen LogP contribution in [-0.2, 0) is 15.6 Å². The Morgan fingerprint density at radius 3 is 2.47 bits per heavy atom. The molecule has 0 saturated heterocycles. The summed E-state index contributed by atoms with van der Waals surface area (Å²) < 4.78 is 22.9. The van der Waals surface area contributed by atoms with Gasteiger partial charge in [0.1, 0.15) is 0 Å². The zero-order chi connectivity index (χ0) is 11.3. The number of nitrogens with one attached hydrogen (secondary N) is 1. The summed E-state index contributed by atoms with van der Waals surface area (Å²) in [5.74, 6) is -0.647. The number of aliphatic hydroxyl groups is 1. The van der Waals surface area contributed by atoms with Crippen molar-refractivity contribution in [3.8, 4) is 0 Å². The molecule has 0 radical (unpaired) electrons. The van der Waals surface area contributed by atoms with Crippen molar-refractivity contribution in [3.05, 3.63) is 35.9 Å². The molecule has 6 heteroatoms. The quantitative estimate of drug-likeness (QED) is 0.735. The summed E-state index contributed by atoms with van der Waals surface area (Å²) in [7, 11) is -3.41. The van der Waals surface area contributed by atoms with Gasteiger partial charge in [0.05, 0.1) is 11.5 Å². The van der Waals surface area contributed by atoms with Crippen LogP contribution in [0.3, 0.4) is 0 Å². The third-order valence-corrected chi connectivity index (χ3v) is 3.36. The maximum atomic E-state index is 11.5. The minimum absolute atomic E-state index is 0.138. The van der Waals surface area contributed by atoms with Crippen molar-refractivity contribution >= 4 is 9.84 Å². The number of aliphatic hydroxyl groups excluding tert-OH is 1. The summed E-state index contributed by atoms with van der Waals surface area (Å²) in [6.07, 6.45) is -1.46. The molecule has 0 spiro atoms. The van der Waals surface area contributed by atoms with E-state index in [4.69, 9.17) is 10.6 Å². The van der Waals surface area contributed by atoms with Gasteiger partial charge in [0, 0.05) is 0 Å². The fourth-order valence-electron chi connectivity index (χ4n) is 1.15. The van der Waals surface area contributed by atoms with Gasteiger partial charge in [0.25, 0.3) is 0 Å². The van der Waals surface area contributed by atoms with E-state index in [2.05, 4.69) is 5.11 Å². The van der Waals surface area contributed by atoms with Gasteiger partial charge in [-0.1, -0.05) is 30.3 Å². The van der Waals surface area contributed by atoms with Crippen molar-refractivity contribution in [1.29, 1.82) is 5.53 Å². The molecule has 1 rings (SSSR count). The largest absolute Gasteiger partial charge is 0.369 e. The second-order valence-corrected chi connectivity index (χ2v) is 5.26. The molecule has 1 atom stereocenters. The van der Waals surface area contributed by atoms with Gasteiger partial charge in [-0.3, -0.25) is 0 Å². The molecule has 5 nitrogen and oxygen atoms in total. The summed E-state index contributed by atoms with van der Waals surface area (Å²) in [6, 6.07) is 8.68. The summed E-state index contributed by atoms with van der Waals surface area (Å²) in [6.45, 7) is 0. The predicted octanol–water partition coefficient (Wildman–Crippen LogP) is 0.951. The lowest BCUT2D eigenvalue weighted by Gasteiger charge is -2.05. The zero-order valence-corrected chi connectivity index (χ0v) is 8.81. The van der Waals surface area contributed by atoms with Gasteiger partial charge in [-0.2, -0.15) is 5.11 Å². The first-order valence-corrected chi connectivity index (χ1v) is 6.14. The van der Waals surface area contributed by atoms with Crippen molar-refractivity contribution in [1.82, 2.24) is 0 Å². The van der Waals surface area contributed by atoms with E-state index < -0.39 is 21.8 Å². The van der Waals surface area contributed by atoms with Crippen LogP contribution in [0.1, 0.15) is 5.56 Å². The molecule has 0 aliphatic rings. The van der Waals surface area contributed by atoms with Crippen LogP contribution in [0, 0.1) is 5.53 Å². The summed E-state index contributed by atoms with van der Waals surface area (Å²) >= 11 is 0.